The largest absolute Gasteiger partial charge is 0.419 e. The van der Waals surface area contributed by atoms with E-state index in [0.29, 0.717) is 12.0 Å². The molecule has 1 saturated carbocycles. The van der Waals surface area contributed by atoms with Crippen LogP contribution in [0.25, 0.3) is 11.1 Å². The lowest BCUT2D eigenvalue weighted by atomic mass is 10.1. The van der Waals surface area contributed by atoms with Crippen molar-refractivity contribution in [2.75, 3.05) is 0 Å². The number of rotatable bonds is 2. The summed E-state index contributed by atoms with van der Waals surface area (Å²) in [5.41, 5.74) is 1.88. The summed E-state index contributed by atoms with van der Waals surface area (Å²) in [6, 6.07) is 5.64. The zero-order chi connectivity index (χ0) is 11.3. The van der Waals surface area contributed by atoms with Gasteiger partial charge in [0.15, 0.2) is 5.58 Å². The highest BCUT2D eigenvalue weighted by atomic mass is 16.4. The van der Waals surface area contributed by atoms with Gasteiger partial charge in [0.1, 0.15) is 0 Å². The van der Waals surface area contributed by atoms with Crippen LogP contribution in [0.2, 0.25) is 0 Å². The Morgan fingerprint density at radius 3 is 2.94 bits per heavy atom. The van der Waals surface area contributed by atoms with Crippen molar-refractivity contribution in [3.05, 3.63) is 34.3 Å². The lowest BCUT2D eigenvalue weighted by Gasteiger charge is -2.06. The van der Waals surface area contributed by atoms with Crippen LogP contribution in [0, 0.1) is 0 Å². The Bertz CT molecular complexity index is 604. The topological polar surface area (TPSA) is 55.4 Å². The predicted octanol–water partition coefficient (Wildman–Crippen LogP) is 1.20. The van der Waals surface area contributed by atoms with Crippen molar-refractivity contribution < 1.29 is 9.52 Å². The molecule has 1 aromatic heterocycles. The van der Waals surface area contributed by atoms with Gasteiger partial charge in [-0.2, -0.15) is 0 Å². The second kappa shape index (κ2) is 2.98. The molecule has 0 saturated heterocycles. The fourth-order valence-electron chi connectivity index (χ4n) is 1.99. The van der Waals surface area contributed by atoms with Gasteiger partial charge in [-0.1, -0.05) is 6.07 Å². The Labute approximate surface area is 92.1 Å². The number of fused-ring (bicyclic) bond motifs is 1. The second-order valence-electron chi connectivity index (χ2n) is 4.63. The van der Waals surface area contributed by atoms with Crippen LogP contribution >= 0.6 is 0 Å². The van der Waals surface area contributed by atoms with Crippen molar-refractivity contribution in [3.63, 3.8) is 0 Å². The average molecular weight is 219 g/mol. The first-order valence-electron chi connectivity index (χ1n) is 5.38. The van der Waals surface area contributed by atoms with E-state index in [0.717, 1.165) is 23.9 Å². The van der Waals surface area contributed by atoms with Gasteiger partial charge in [-0.3, -0.25) is 4.57 Å². The number of aryl methyl sites for hydroxylation is 1. The average Bonchev–Trinajstić information content (AvgIpc) is 2.88. The van der Waals surface area contributed by atoms with E-state index in [9.17, 15) is 9.90 Å². The number of aromatic nitrogens is 1. The van der Waals surface area contributed by atoms with Gasteiger partial charge in [-0.05, 0) is 30.5 Å². The number of nitrogens with zero attached hydrogens (tertiary/aromatic N) is 1. The van der Waals surface area contributed by atoms with Crippen molar-refractivity contribution >= 4 is 11.1 Å². The summed E-state index contributed by atoms with van der Waals surface area (Å²) in [4.78, 5) is 11.3. The highest BCUT2D eigenvalue weighted by Gasteiger charge is 2.40. The van der Waals surface area contributed by atoms with Crippen molar-refractivity contribution in [2.24, 2.45) is 7.05 Å². The first-order chi connectivity index (χ1) is 7.57. The molecule has 1 fully saturated rings. The normalized spacial score (nSPS) is 17.9. The summed E-state index contributed by atoms with van der Waals surface area (Å²) < 4.78 is 6.58. The SMILES string of the molecule is Cn1c(=O)oc2cc(CC3(O)CC3)ccc21. The van der Waals surface area contributed by atoms with Crippen LogP contribution in [-0.2, 0) is 13.5 Å². The lowest BCUT2D eigenvalue weighted by Crippen LogP contribution is -2.10. The first-order valence-corrected chi connectivity index (χ1v) is 5.38. The van der Waals surface area contributed by atoms with Gasteiger partial charge < -0.3 is 9.52 Å². The molecule has 16 heavy (non-hydrogen) atoms. The molecule has 0 amide bonds. The van der Waals surface area contributed by atoms with Gasteiger partial charge in [-0.25, -0.2) is 4.79 Å². The second-order valence-corrected chi connectivity index (χ2v) is 4.63. The third-order valence-electron chi connectivity index (χ3n) is 3.22. The van der Waals surface area contributed by atoms with Crippen molar-refractivity contribution in [1.82, 2.24) is 4.57 Å². The molecule has 0 bridgehead atoms. The Morgan fingerprint density at radius 1 is 1.50 bits per heavy atom. The quantitative estimate of drug-likeness (QED) is 0.825. The van der Waals surface area contributed by atoms with Crippen molar-refractivity contribution in [2.45, 2.75) is 24.9 Å². The number of benzene rings is 1. The Hall–Kier alpha value is -1.55. The van der Waals surface area contributed by atoms with Crippen molar-refractivity contribution in [1.29, 1.82) is 0 Å². The third-order valence-corrected chi connectivity index (χ3v) is 3.22. The minimum Gasteiger partial charge on any atom is -0.408 e. The van der Waals surface area contributed by atoms with Crippen LogP contribution in [-0.4, -0.2) is 15.3 Å². The smallest absolute Gasteiger partial charge is 0.408 e. The van der Waals surface area contributed by atoms with E-state index in [1.54, 1.807) is 7.05 Å². The molecule has 0 unspecified atom stereocenters. The summed E-state index contributed by atoms with van der Waals surface area (Å²) in [7, 11) is 1.68. The van der Waals surface area contributed by atoms with Crippen LogP contribution in [0.15, 0.2) is 27.4 Å². The monoisotopic (exact) mass is 219 g/mol. The minimum absolute atomic E-state index is 0.350. The van der Waals surface area contributed by atoms with Gasteiger partial charge in [0, 0.05) is 13.5 Å². The summed E-state index contributed by atoms with van der Waals surface area (Å²) in [6.07, 6.45) is 2.37. The van der Waals surface area contributed by atoms with E-state index >= 15 is 0 Å². The fraction of sp³-hybridized carbons (Fsp3) is 0.417. The molecule has 1 heterocycles. The minimum atomic E-state index is -0.511. The predicted molar refractivity (Wildman–Crippen MR) is 59.3 cm³/mol. The van der Waals surface area contributed by atoms with Gasteiger partial charge in [0.25, 0.3) is 0 Å². The molecule has 3 rings (SSSR count). The van der Waals surface area contributed by atoms with E-state index in [2.05, 4.69) is 0 Å². The van der Waals surface area contributed by atoms with Crippen LogP contribution < -0.4 is 5.76 Å². The van der Waals surface area contributed by atoms with E-state index < -0.39 is 5.60 Å². The summed E-state index contributed by atoms with van der Waals surface area (Å²) >= 11 is 0. The maximum absolute atomic E-state index is 11.3. The maximum Gasteiger partial charge on any atom is 0.419 e. The third kappa shape index (κ3) is 1.46. The molecule has 1 aromatic carbocycles. The molecule has 4 heteroatoms. The summed E-state index contributed by atoms with van der Waals surface area (Å²) in [6.45, 7) is 0. The van der Waals surface area contributed by atoms with Gasteiger partial charge in [0.05, 0.1) is 11.1 Å². The van der Waals surface area contributed by atoms with E-state index in [1.807, 2.05) is 18.2 Å². The number of oxazole rings is 1. The Balaban J connectivity index is 2.05. The molecule has 2 aromatic rings. The number of hydrogen-bond acceptors (Lipinski definition) is 3. The molecule has 0 atom stereocenters. The van der Waals surface area contributed by atoms with Gasteiger partial charge >= 0.3 is 5.76 Å². The summed E-state index contributed by atoms with van der Waals surface area (Å²) in [5.74, 6) is -0.350. The maximum atomic E-state index is 11.3. The highest BCUT2D eigenvalue weighted by Crippen LogP contribution is 2.38. The lowest BCUT2D eigenvalue weighted by molar-refractivity contribution is 0.151. The molecule has 1 aliphatic rings. The highest BCUT2D eigenvalue weighted by molar-refractivity contribution is 5.73. The van der Waals surface area contributed by atoms with Gasteiger partial charge in [-0.15, -0.1) is 0 Å². The first kappa shape index (κ1) is 9.66. The Kier molecular flexibility index (Phi) is 1.80. The molecule has 0 aliphatic heterocycles. The number of hydrogen-bond donors (Lipinski definition) is 1. The van der Waals surface area contributed by atoms with E-state index in [-0.39, 0.29) is 5.76 Å². The zero-order valence-electron chi connectivity index (χ0n) is 9.06. The molecular formula is C12H13NO3. The van der Waals surface area contributed by atoms with E-state index in [1.165, 1.54) is 4.57 Å². The van der Waals surface area contributed by atoms with Crippen LogP contribution in [0.5, 0.6) is 0 Å². The van der Waals surface area contributed by atoms with Gasteiger partial charge in [0.2, 0.25) is 0 Å². The molecule has 0 radical (unpaired) electrons. The molecule has 1 aliphatic carbocycles. The van der Waals surface area contributed by atoms with Crippen LogP contribution in [0.1, 0.15) is 18.4 Å². The molecule has 4 nitrogen and oxygen atoms in total. The number of aliphatic hydroxyl groups is 1. The molecular weight excluding hydrogens is 206 g/mol. The fourth-order valence-corrected chi connectivity index (χ4v) is 1.99. The van der Waals surface area contributed by atoms with Crippen LogP contribution in [0.4, 0.5) is 0 Å². The Morgan fingerprint density at radius 2 is 2.25 bits per heavy atom. The molecule has 1 N–H and O–H groups in total. The van der Waals surface area contributed by atoms with E-state index in [4.69, 9.17) is 4.42 Å². The molecule has 84 valence electrons. The molecule has 0 spiro atoms. The standard InChI is InChI=1S/C12H13NO3/c1-13-9-3-2-8(7-12(15)4-5-12)6-10(9)16-11(13)14/h2-3,6,15H,4-5,7H2,1H3. The van der Waals surface area contributed by atoms with Crippen molar-refractivity contribution in [3.8, 4) is 0 Å². The van der Waals surface area contributed by atoms with Crippen LogP contribution in [0.3, 0.4) is 0 Å². The zero-order valence-corrected chi connectivity index (χ0v) is 9.06. The summed E-state index contributed by atoms with van der Waals surface area (Å²) in [5, 5.41) is 9.82.